The minimum atomic E-state index is -4.47. The zero-order chi connectivity index (χ0) is 19.4. The second-order valence-corrected chi connectivity index (χ2v) is 5.99. The molecule has 0 saturated heterocycles. The maximum atomic E-state index is 13.6. The van der Waals surface area contributed by atoms with E-state index in [0.717, 1.165) is 6.20 Å². The second kappa shape index (κ2) is 7.81. The molecule has 1 aromatic heterocycles. The van der Waals surface area contributed by atoms with Gasteiger partial charge in [0.1, 0.15) is 11.6 Å². The Kier molecular flexibility index (Phi) is 5.48. The molecule has 2 heterocycles. The number of nitrogens with zero attached hydrogens (tertiary/aromatic N) is 1. The number of hydrogen-bond acceptors (Lipinski definition) is 4. The van der Waals surface area contributed by atoms with Crippen LogP contribution >= 0.6 is 0 Å². The molecule has 5 nitrogen and oxygen atoms in total. The standard InChI is InChI=1S/C18H16F4N2O3/c19-12-4-5-15-13(8-12)14(2-1-7-26-15)24-17(25)11-3-6-16(23-9-11)27-10-18(20,21)22/h3-6,8-9,14H,1-2,7,10H2,(H,24,25)/t14-/m1/s1. The number of ether oxygens (including phenoxy) is 2. The van der Waals surface area contributed by atoms with Gasteiger partial charge in [-0.2, -0.15) is 13.2 Å². The molecule has 0 spiro atoms. The van der Waals surface area contributed by atoms with Gasteiger partial charge < -0.3 is 14.8 Å². The summed E-state index contributed by atoms with van der Waals surface area (Å²) in [4.78, 5) is 16.1. The molecule has 1 aliphatic rings. The summed E-state index contributed by atoms with van der Waals surface area (Å²) in [6.45, 7) is -1.01. The van der Waals surface area contributed by atoms with Crippen LogP contribution in [-0.4, -0.2) is 30.3 Å². The SMILES string of the molecule is O=C(N[C@@H]1CCCOc2ccc(F)cc21)c1ccc(OCC(F)(F)F)nc1. The molecule has 1 aromatic carbocycles. The molecule has 0 unspecified atom stereocenters. The van der Waals surface area contributed by atoms with Gasteiger partial charge in [-0.3, -0.25) is 4.79 Å². The van der Waals surface area contributed by atoms with Crippen LogP contribution in [0.5, 0.6) is 11.6 Å². The molecular weight excluding hydrogens is 368 g/mol. The minimum absolute atomic E-state index is 0.150. The number of aromatic nitrogens is 1. The summed E-state index contributed by atoms with van der Waals surface area (Å²) in [5.74, 6) is -0.648. The van der Waals surface area contributed by atoms with Crippen LogP contribution in [0.3, 0.4) is 0 Å². The molecule has 2 aromatic rings. The highest BCUT2D eigenvalue weighted by molar-refractivity contribution is 5.94. The molecule has 0 saturated carbocycles. The predicted octanol–water partition coefficient (Wildman–Crippen LogP) is 3.81. The molecule has 1 atom stereocenters. The Bertz CT molecular complexity index is 809. The van der Waals surface area contributed by atoms with Crippen LogP contribution in [0.1, 0.15) is 34.8 Å². The topological polar surface area (TPSA) is 60.5 Å². The maximum Gasteiger partial charge on any atom is 0.422 e. The Hall–Kier alpha value is -2.84. The highest BCUT2D eigenvalue weighted by atomic mass is 19.4. The van der Waals surface area contributed by atoms with Crippen LogP contribution in [0.2, 0.25) is 0 Å². The number of rotatable bonds is 4. The van der Waals surface area contributed by atoms with Gasteiger partial charge in [0, 0.05) is 17.8 Å². The molecular formula is C18H16F4N2O3. The highest BCUT2D eigenvalue weighted by Gasteiger charge is 2.28. The normalized spacial score (nSPS) is 16.7. The summed E-state index contributed by atoms with van der Waals surface area (Å²) < 4.78 is 60.1. The van der Waals surface area contributed by atoms with Crippen molar-refractivity contribution >= 4 is 5.91 Å². The zero-order valence-corrected chi connectivity index (χ0v) is 14.1. The first-order valence-corrected chi connectivity index (χ1v) is 8.20. The van der Waals surface area contributed by atoms with Crippen molar-refractivity contribution in [3.8, 4) is 11.6 Å². The fourth-order valence-electron chi connectivity index (χ4n) is 2.70. The third-order valence-corrected chi connectivity index (χ3v) is 3.93. The van der Waals surface area contributed by atoms with E-state index in [4.69, 9.17) is 4.74 Å². The van der Waals surface area contributed by atoms with Crippen LogP contribution in [0, 0.1) is 5.82 Å². The highest BCUT2D eigenvalue weighted by Crippen LogP contribution is 2.32. The summed E-state index contributed by atoms with van der Waals surface area (Å²) in [6, 6.07) is 6.17. The van der Waals surface area contributed by atoms with Gasteiger partial charge in [-0.05, 0) is 37.1 Å². The van der Waals surface area contributed by atoms with Crippen molar-refractivity contribution < 1.29 is 31.8 Å². The second-order valence-electron chi connectivity index (χ2n) is 5.99. The number of hydrogen-bond donors (Lipinski definition) is 1. The lowest BCUT2D eigenvalue weighted by atomic mass is 10.0. The van der Waals surface area contributed by atoms with Crippen LogP contribution in [-0.2, 0) is 0 Å². The van der Waals surface area contributed by atoms with Crippen molar-refractivity contribution in [2.24, 2.45) is 0 Å². The van der Waals surface area contributed by atoms with Crippen molar-refractivity contribution in [1.82, 2.24) is 10.3 Å². The number of carbonyl (C=O) groups is 1. The van der Waals surface area contributed by atoms with Gasteiger partial charge in [0.25, 0.3) is 5.91 Å². The number of amides is 1. The van der Waals surface area contributed by atoms with Crippen LogP contribution in [0.25, 0.3) is 0 Å². The molecule has 0 aliphatic carbocycles. The first-order chi connectivity index (χ1) is 12.8. The number of fused-ring (bicyclic) bond motifs is 1. The number of alkyl halides is 3. The van der Waals surface area contributed by atoms with Crippen molar-refractivity contribution in [2.45, 2.75) is 25.1 Å². The molecule has 3 rings (SSSR count). The quantitative estimate of drug-likeness (QED) is 0.815. The molecule has 0 radical (unpaired) electrons. The Morgan fingerprint density at radius 2 is 2.11 bits per heavy atom. The molecule has 27 heavy (non-hydrogen) atoms. The summed E-state index contributed by atoms with van der Waals surface area (Å²) in [5, 5.41) is 2.79. The third kappa shape index (κ3) is 5.08. The molecule has 1 amide bonds. The van der Waals surface area contributed by atoms with E-state index in [-0.39, 0.29) is 11.4 Å². The zero-order valence-electron chi connectivity index (χ0n) is 14.1. The smallest absolute Gasteiger partial charge is 0.422 e. The Morgan fingerprint density at radius 3 is 2.81 bits per heavy atom. The largest absolute Gasteiger partial charge is 0.493 e. The summed E-state index contributed by atoms with van der Waals surface area (Å²) in [5.41, 5.74) is 0.691. The number of pyridine rings is 1. The lowest BCUT2D eigenvalue weighted by molar-refractivity contribution is -0.154. The van der Waals surface area contributed by atoms with Crippen LogP contribution in [0.15, 0.2) is 36.5 Å². The Balaban J connectivity index is 1.69. The molecule has 1 N–H and O–H groups in total. The third-order valence-electron chi connectivity index (χ3n) is 3.93. The summed E-state index contributed by atoms with van der Waals surface area (Å²) in [7, 11) is 0. The van der Waals surface area contributed by atoms with Crippen LogP contribution < -0.4 is 14.8 Å². The van der Waals surface area contributed by atoms with E-state index in [2.05, 4.69) is 15.0 Å². The molecule has 0 bridgehead atoms. The van der Waals surface area contributed by atoms with Crippen molar-refractivity contribution in [1.29, 1.82) is 0 Å². The predicted molar refractivity (Wildman–Crippen MR) is 87.1 cm³/mol. The first kappa shape index (κ1) is 18.9. The van der Waals surface area contributed by atoms with E-state index in [1.54, 1.807) is 0 Å². The van der Waals surface area contributed by atoms with E-state index in [1.165, 1.54) is 30.3 Å². The lowest BCUT2D eigenvalue weighted by Gasteiger charge is -2.18. The summed E-state index contributed by atoms with van der Waals surface area (Å²) in [6.07, 6.45) is -2.12. The minimum Gasteiger partial charge on any atom is -0.493 e. The summed E-state index contributed by atoms with van der Waals surface area (Å²) >= 11 is 0. The number of halogens is 4. The molecule has 144 valence electrons. The number of carbonyl (C=O) groups excluding carboxylic acids is 1. The van der Waals surface area contributed by atoms with Gasteiger partial charge in [-0.15, -0.1) is 0 Å². The fraction of sp³-hybridized carbons (Fsp3) is 0.333. The average molecular weight is 384 g/mol. The monoisotopic (exact) mass is 384 g/mol. The van der Waals surface area contributed by atoms with E-state index in [9.17, 15) is 22.4 Å². The number of nitrogens with one attached hydrogen (secondary N) is 1. The van der Waals surface area contributed by atoms with Gasteiger partial charge in [0.05, 0.1) is 18.2 Å². The van der Waals surface area contributed by atoms with Gasteiger partial charge in [-0.1, -0.05) is 0 Å². The fourth-order valence-corrected chi connectivity index (χ4v) is 2.70. The Morgan fingerprint density at radius 1 is 1.30 bits per heavy atom. The number of benzene rings is 1. The van der Waals surface area contributed by atoms with Crippen LogP contribution in [0.4, 0.5) is 17.6 Å². The average Bonchev–Trinajstić information content (AvgIpc) is 2.82. The molecule has 9 heteroatoms. The maximum absolute atomic E-state index is 13.6. The van der Waals surface area contributed by atoms with Gasteiger partial charge in [-0.25, -0.2) is 9.37 Å². The van der Waals surface area contributed by atoms with Gasteiger partial charge in [0.2, 0.25) is 5.88 Å². The molecule has 0 fully saturated rings. The van der Waals surface area contributed by atoms with Gasteiger partial charge in [0.15, 0.2) is 6.61 Å². The lowest BCUT2D eigenvalue weighted by Crippen LogP contribution is -2.28. The van der Waals surface area contributed by atoms with Gasteiger partial charge >= 0.3 is 6.18 Å². The van der Waals surface area contributed by atoms with E-state index < -0.39 is 30.5 Å². The van der Waals surface area contributed by atoms with Crippen molar-refractivity contribution in [3.05, 3.63) is 53.5 Å². The first-order valence-electron chi connectivity index (χ1n) is 8.20. The van der Waals surface area contributed by atoms with E-state index in [1.807, 2.05) is 0 Å². The van der Waals surface area contributed by atoms with E-state index in [0.29, 0.717) is 30.8 Å². The van der Waals surface area contributed by atoms with Crippen molar-refractivity contribution in [3.63, 3.8) is 0 Å². The molecule has 1 aliphatic heterocycles. The van der Waals surface area contributed by atoms with E-state index >= 15 is 0 Å². The van der Waals surface area contributed by atoms with Crippen molar-refractivity contribution in [2.75, 3.05) is 13.2 Å². The Labute approximate surface area is 152 Å².